The topological polar surface area (TPSA) is 0 Å². The highest BCUT2D eigenvalue weighted by Crippen LogP contribution is 2.48. The Morgan fingerprint density at radius 3 is 1.18 bits per heavy atom. The summed E-state index contributed by atoms with van der Waals surface area (Å²) < 4.78 is 0. The van der Waals surface area contributed by atoms with E-state index in [4.69, 9.17) is 0 Å². The third-order valence-electron chi connectivity index (χ3n) is 4.42. The maximum atomic E-state index is 2.38. The molecule has 0 aromatic carbocycles. The van der Waals surface area contributed by atoms with Crippen molar-refractivity contribution in [2.24, 2.45) is 5.92 Å². The molecule has 0 saturated heterocycles. The second kappa shape index (κ2) is 5.95. The molecule has 3 aromatic heterocycles. The lowest BCUT2D eigenvalue weighted by Gasteiger charge is -2.37. The van der Waals surface area contributed by atoms with E-state index < -0.39 is 0 Å². The van der Waals surface area contributed by atoms with Gasteiger partial charge in [-0.3, -0.25) is 0 Å². The number of rotatable bonds is 4. The van der Waals surface area contributed by atoms with Gasteiger partial charge in [0.25, 0.3) is 0 Å². The molecule has 0 aliphatic rings. The van der Waals surface area contributed by atoms with Crippen LogP contribution in [0.1, 0.15) is 45.2 Å². The molecule has 3 rings (SSSR count). The van der Waals surface area contributed by atoms with Gasteiger partial charge in [-0.15, -0.1) is 34.0 Å². The van der Waals surface area contributed by atoms with E-state index in [1.807, 2.05) is 34.0 Å². The molecule has 0 bridgehead atoms. The highest BCUT2D eigenvalue weighted by atomic mass is 32.1. The highest BCUT2D eigenvalue weighted by molar-refractivity contribution is 7.10. The Balaban J connectivity index is 2.32. The molecule has 0 spiro atoms. The van der Waals surface area contributed by atoms with E-state index in [9.17, 15) is 0 Å². The fraction of sp³-hybridized carbons (Fsp3) is 0.368. The number of hydrogen-bond acceptors (Lipinski definition) is 3. The number of aryl methyl sites for hydroxylation is 3. The molecule has 22 heavy (non-hydrogen) atoms. The van der Waals surface area contributed by atoms with Crippen LogP contribution in [-0.4, -0.2) is 0 Å². The normalized spacial score (nSPS) is 12.3. The van der Waals surface area contributed by atoms with Gasteiger partial charge in [0.05, 0.1) is 0 Å². The fourth-order valence-electron chi connectivity index (χ4n) is 3.45. The van der Waals surface area contributed by atoms with Crippen LogP contribution in [0.4, 0.5) is 0 Å². The van der Waals surface area contributed by atoms with Gasteiger partial charge in [0.1, 0.15) is 0 Å². The molecule has 116 valence electrons. The Morgan fingerprint density at radius 1 is 0.682 bits per heavy atom. The predicted octanol–water partition coefficient (Wildman–Crippen LogP) is 6.79. The monoisotopic (exact) mass is 346 g/mol. The van der Waals surface area contributed by atoms with Crippen LogP contribution in [0.2, 0.25) is 0 Å². The molecule has 0 nitrogen and oxygen atoms in total. The number of thiophene rings is 3. The minimum absolute atomic E-state index is 0.0275. The van der Waals surface area contributed by atoms with Crippen molar-refractivity contribution < 1.29 is 0 Å². The van der Waals surface area contributed by atoms with Crippen molar-refractivity contribution in [3.05, 3.63) is 65.7 Å². The average molecular weight is 347 g/mol. The van der Waals surface area contributed by atoms with E-state index in [1.54, 1.807) is 0 Å². The second-order valence-electron chi connectivity index (χ2n) is 6.30. The molecule has 0 amide bonds. The van der Waals surface area contributed by atoms with Crippen molar-refractivity contribution in [2.45, 2.75) is 40.0 Å². The van der Waals surface area contributed by atoms with E-state index in [-0.39, 0.29) is 5.41 Å². The minimum Gasteiger partial charge on any atom is -0.149 e. The third kappa shape index (κ3) is 2.49. The second-order valence-corrected chi connectivity index (χ2v) is 9.65. The van der Waals surface area contributed by atoms with E-state index in [2.05, 4.69) is 69.0 Å². The van der Waals surface area contributed by atoms with Crippen molar-refractivity contribution in [1.82, 2.24) is 0 Å². The summed E-state index contributed by atoms with van der Waals surface area (Å²) in [5.41, 5.74) is 4.31. The smallest absolute Gasteiger partial charge is 0.0499 e. The van der Waals surface area contributed by atoms with Gasteiger partial charge in [-0.25, -0.2) is 0 Å². The first-order valence-corrected chi connectivity index (χ1v) is 10.2. The lowest BCUT2D eigenvalue weighted by atomic mass is 9.65. The highest BCUT2D eigenvalue weighted by Gasteiger charge is 2.41. The quantitative estimate of drug-likeness (QED) is 0.488. The summed E-state index contributed by atoms with van der Waals surface area (Å²) in [6, 6.07) is 7.14. The van der Waals surface area contributed by atoms with E-state index in [1.165, 1.54) is 31.3 Å². The standard InChI is InChI=1S/C19H22S3/c1-12(2)19(16-6-13(3)20-9-16,17-7-14(4)21-10-17)18-8-15(5)22-11-18/h6-12H,1-5H3. The van der Waals surface area contributed by atoms with Crippen molar-refractivity contribution in [3.8, 4) is 0 Å². The SMILES string of the molecule is Cc1cc(C(c2csc(C)c2)(c2csc(C)c2)C(C)C)cs1. The Morgan fingerprint density at radius 2 is 1.00 bits per heavy atom. The Labute approximate surface area is 145 Å². The third-order valence-corrected chi connectivity index (χ3v) is 7.01. The van der Waals surface area contributed by atoms with Crippen molar-refractivity contribution in [1.29, 1.82) is 0 Å². The maximum absolute atomic E-state index is 2.38. The molecule has 3 heterocycles. The summed E-state index contributed by atoms with van der Waals surface area (Å²) >= 11 is 5.58. The first-order valence-electron chi connectivity index (χ1n) is 7.61. The molecule has 3 aromatic rings. The maximum Gasteiger partial charge on any atom is 0.0499 e. The average Bonchev–Trinajstić information content (AvgIpc) is 3.15. The van der Waals surface area contributed by atoms with Gasteiger partial charge in [0.15, 0.2) is 0 Å². The molecule has 0 radical (unpaired) electrons. The summed E-state index contributed by atoms with van der Waals surface area (Å²) in [6.45, 7) is 11.3. The van der Waals surface area contributed by atoms with Crippen LogP contribution in [0.25, 0.3) is 0 Å². The van der Waals surface area contributed by atoms with Gasteiger partial charge in [0.2, 0.25) is 0 Å². The molecule has 3 heteroatoms. The van der Waals surface area contributed by atoms with E-state index in [0.29, 0.717) is 5.92 Å². The summed E-state index contributed by atoms with van der Waals surface area (Å²) in [4.78, 5) is 4.16. The predicted molar refractivity (Wildman–Crippen MR) is 102 cm³/mol. The number of hydrogen-bond donors (Lipinski definition) is 0. The van der Waals surface area contributed by atoms with Gasteiger partial charge < -0.3 is 0 Å². The van der Waals surface area contributed by atoms with Gasteiger partial charge in [0, 0.05) is 20.0 Å². The van der Waals surface area contributed by atoms with Crippen LogP contribution >= 0.6 is 34.0 Å². The van der Waals surface area contributed by atoms with Crippen molar-refractivity contribution >= 4 is 34.0 Å². The zero-order valence-electron chi connectivity index (χ0n) is 13.8. The molecular formula is C19H22S3. The first-order chi connectivity index (χ1) is 10.4. The van der Waals surface area contributed by atoms with Gasteiger partial charge in [-0.1, -0.05) is 13.8 Å². The molecule has 0 atom stereocenters. The summed E-state index contributed by atoms with van der Waals surface area (Å²) in [6.07, 6.45) is 0. The Hall–Kier alpha value is -0.900. The van der Waals surface area contributed by atoms with E-state index in [0.717, 1.165) is 0 Å². The van der Waals surface area contributed by atoms with Crippen LogP contribution in [0.15, 0.2) is 34.3 Å². The molecule has 0 N–H and O–H groups in total. The Kier molecular flexibility index (Phi) is 4.32. The van der Waals surface area contributed by atoms with Crippen LogP contribution in [0, 0.1) is 26.7 Å². The molecule has 0 aliphatic carbocycles. The summed E-state index contributed by atoms with van der Waals surface area (Å²) in [5, 5.41) is 7.07. The van der Waals surface area contributed by atoms with Crippen LogP contribution < -0.4 is 0 Å². The van der Waals surface area contributed by atoms with Gasteiger partial charge in [-0.05, 0) is 77.7 Å². The summed E-state index contributed by atoms with van der Waals surface area (Å²) in [7, 11) is 0. The Bertz CT molecular complexity index is 672. The van der Waals surface area contributed by atoms with Crippen LogP contribution in [0.3, 0.4) is 0 Å². The van der Waals surface area contributed by atoms with Crippen molar-refractivity contribution in [2.75, 3.05) is 0 Å². The van der Waals surface area contributed by atoms with E-state index >= 15 is 0 Å². The fourth-order valence-corrected chi connectivity index (χ4v) is 5.74. The largest absolute Gasteiger partial charge is 0.149 e. The zero-order chi connectivity index (χ0) is 15.9. The minimum atomic E-state index is -0.0275. The lowest BCUT2D eigenvalue weighted by molar-refractivity contribution is 0.441. The van der Waals surface area contributed by atoms with Crippen LogP contribution in [-0.2, 0) is 5.41 Å². The molecular weight excluding hydrogens is 324 g/mol. The van der Waals surface area contributed by atoms with Gasteiger partial charge >= 0.3 is 0 Å². The zero-order valence-corrected chi connectivity index (χ0v) is 16.2. The molecule has 0 aliphatic heterocycles. The summed E-state index contributed by atoms with van der Waals surface area (Å²) in [5.74, 6) is 0.504. The molecule has 0 saturated carbocycles. The first kappa shape index (κ1) is 16.0. The molecule has 0 unspecified atom stereocenters. The lowest BCUT2D eigenvalue weighted by Crippen LogP contribution is -2.34. The van der Waals surface area contributed by atoms with Gasteiger partial charge in [-0.2, -0.15) is 0 Å². The molecule has 0 fully saturated rings. The van der Waals surface area contributed by atoms with Crippen molar-refractivity contribution in [3.63, 3.8) is 0 Å². The van der Waals surface area contributed by atoms with Crippen LogP contribution in [0.5, 0.6) is 0 Å².